The lowest BCUT2D eigenvalue weighted by Crippen LogP contribution is -2.16. The summed E-state index contributed by atoms with van der Waals surface area (Å²) in [4.78, 5) is 22.5. The minimum absolute atomic E-state index is 0.0973. The molecule has 1 atom stereocenters. The van der Waals surface area contributed by atoms with Gasteiger partial charge >= 0.3 is 5.97 Å². The Morgan fingerprint density at radius 2 is 2.08 bits per heavy atom. The van der Waals surface area contributed by atoms with Crippen LogP contribution in [0.3, 0.4) is 0 Å². The number of carboxylic acid groups (broad SMARTS) is 1. The Morgan fingerprint density at radius 3 is 2.72 bits per heavy atom. The number of hydrogen-bond donors (Lipinski definition) is 4. The molecule has 3 rings (SSSR count). The van der Waals surface area contributed by atoms with E-state index < -0.39 is 5.97 Å². The van der Waals surface area contributed by atoms with Crippen molar-refractivity contribution in [1.82, 2.24) is 15.0 Å². The number of carboxylic acids is 1. The van der Waals surface area contributed by atoms with E-state index in [4.69, 9.17) is 5.11 Å². The van der Waals surface area contributed by atoms with Gasteiger partial charge in [0.25, 0.3) is 0 Å². The molecule has 0 saturated carbocycles. The number of aromatic amines is 1. The third kappa shape index (κ3) is 3.67. The topological polar surface area (TPSA) is 111 Å². The van der Waals surface area contributed by atoms with Crippen LogP contribution in [0.15, 0.2) is 48.8 Å². The molecule has 3 aromatic rings. The SMILES string of the molecule is Cc1cnc(N[C@H](CO)c2ccccc2)nc1-c1c[nH]c(C(=O)O)c1. The molecule has 7 heteroatoms. The fourth-order valence-electron chi connectivity index (χ4n) is 2.53. The molecule has 0 aliphatic heterocycles. The van der Waals surface area contributed by atoms with Crippen LogP contribution in [0, 0.1) is 6.92 Å². The van der Waals surface area contributed by atoms with E-state index >= 15 is 0 Å². The summed E-state index contributed by atoms with van der Waals surface area (Å²) in [7, 11) is 0. The van der Waals surface area contributed by atoms with E-state index in [1.165, 1.54) is 6.07 Å². The molecule has 0 unspecified atom stereocenters. The smallest absolute Gasteiger partial charge is 0.352 e. The predicted octanol–water partition coefficient (Wildman–Crippen LogP) is 2.62. The van der Waals surface area contributed by atoms with E-state index in [0.717, 1.165) is 11.1 Å². The van der Waals surface area contributed by atoms with Crippen LogP contribution in [0.5, 0.6) is 0 Å². The number of aromatic carboxylic acids is 1. The number of aliphatic hydroxyl groups excluding tert-OH is 1. The van der Waals surface area contributed by atoms with Gasteiger partial charge in [0, 0.05) is 18.0 Å². The number of aliphatic hydroxyl groups is 1. The summed E-state index contributed by atoms with van der Waals surface area (Å²) >= 11 is 0. The molecule has 0 saturated heterocycles. The van der Waals surface area contributed by atoms with Crippen LogP contribution in [0.25, 0.3) is 11.3 Å². The molecule has 0 aliphatic rings. The first-order chi connectivity index (χ1) is 12.1. The van der Waals surface area contributed by atoms with Crippen molar-refractivity contribution in [2.45, 2.75) is 13.0 Å². The number of aromatic nitrogens is 3. The Morgan fingerprint density at radius 1 is 1.32 bits per heavy atom. The maximum atomic E-state index is 11.0. The summed E-state index contributed by atoms with van der Waals surface area (Å²) in [5.41, 5.74) is 3.14. The second-order valence-corrected chi connectivity index (χ2v) is 5.62. The van der Waals surface area contributed by atoms with Crippen LogP contribution in [-0.2, 0) is 0 Å². The number of carbonyl (C=O) groups is 1. The minimum Gasteiger partial charge on any atom is -0.477 e. The van der Waals surface area contributed by atoms with Gasteiger partial charge in [-0.15, -0.1) is 0 Å². The van der Waals surface area contributed by atoms with Crippen molar-refractivity contribution in [1.29, 1.82) is 0 Å². The summed E-state index contributed by atoms with van der Waals surface area (Å²) in [6, 6.07) is 10.7. The highest BCUT2D eigenvalue weighted by molar-refractivity contribution is 5.87. The largest absolute Gasteiger partial charge is 0.477 e. The van der Waals surface area contributed by atoms with E-state index in [2.05, 4.69) is 20.3 Å². The Kier molecular flexibility index (Phi) is 4.76. The Bertz CT molecular complexity index is 877. The van der Waals surface area contributed by atoms with E-state index in [1.54, 1.807) is 12.4 Å². The summed E-state index contributed by atoms with van der Waals surface area (Å²) in [6.07, 6.45) is 3.26. The standard InChI is InChI=1S/C18H18N4O3/c1-11-8-20-18(21-15(10-23)12-5-3-2-4-6-12)22-16(11)13-7-14(17(24)25)19-9-13/h2-9,15,19,23H,10H2,1H3,(H,24,25)(H,20,21,22)/t15-/m1/s1. The van der Waals surface area contributed by atoms with Crippen LogP contribution in [0.1, 0.15) is 27.7 Å². The molecule has 4 N–H and O–H groups in total. The summed E-state index contributed by atoms with van der Waals surface area (Å²) in [6.45, 7) is 1.75. The third-order valence-corrected chi connectivity index (χ3v) is 3.85. The fourth-order valence-corrected chi connectivity index (χ4v) is 2.53. The van der Waals surface area contributed by atoms with E-state index in [-0.39, 0.29) is 18.3 Å². The Balaban J connectivity index is 1.89. The predicted molar refractivity (Wildman–Crippen MR) is 93.4 cm³/mol. The number of nitrogens with one attached hydrogen (secondary N) is 2. The highest BCUT2D eigenvalue weighted by atomic mass is 16.4. The number of H-pyrrole nitrogens is 1. The van der Waals surface area contributed by atoms with Gasteiger partial charge in [-0.05, 0) is 24.1 Å². The molecule has 0 spiro atoms. The van der Waals surface area contributed by atoms with Gasteiger partial charge in [0.2, 0.25) is 5.95 Å². The van der Waals surface area contributed by atoms with Gasteiger partial charge < -0.3 is 20.5 Å². The molecule has 7 nitrogen and oxygen atoms in total. The Hall–Kier alpha value is -3.19. The first kappa shape index (κ1) is 16.7. The monoisotopic (exact) mass is 338 g/mol. The summed E-state index contributed by atoms with van der Waals surface area (Å²) in [5.74, 6) is -0.665. The second-order valence-electron chi connectivity index (χ2n) is 5.62. The molecular weight excluding hydrogens is 320 g/mol. The molecule has 2 heterocycles. The third-order valence-electron chi connectivity index (χ3n) is 3.85. The van der Waals surface area contributed by atoms with Crippen LogP contribution in [0.4, 0.5) is 5.95 Å². The second kappa shape index (κ2) is 7.14. The molecule has 0 fully saturated rings. The fraction of sp³-hybridized carbons (Fsp3) is 0.167. The van der Waals surface area contributed by atoms with Crippen LogP contribution in [0.2, 0.25) is 0 Å². The van der Waals surface area contributed by atoms with Crippen molar-refractivity contribution < 1.29 is 15.0 Å². The van der Waals surface area contributed by atoms with Crippen LogP contribution in [-0.4, -0.2) is 37.7 Å². The van der Waals surface area contributed by atoms with Crippen LogP contribution < -0.4 is 5.32 Å². The zero-order chi connectivity index (χ0) is 17.8. The van der Waals surface area contributed by atoms with Gasteiger partial charge in [-0.1, -0.05) is 30.3 Å². The average Bonchev–Trinajstić information content (AvgIpc) is 3.12. The first-order valence-electron chi connectivity index (χ1n) is 7.76. The van der Waals surface area contributed by atoms with Crippen LogP contribution >= 0.6 is 0 Å². The van der Waals surface area contributed by atoms with Gasteiger partial charge in [-0.25, -0.2) is 14.8 Å². The quantitative estimate of drug-likeness (QED) is 0.550. The van der Waals surface area contributed by atoms with E-state index in [9.17, 15) is 9.90 Å². The zero-order valence-corrected chi connectivity index (χ0v) is 13.6. The minimum atomic E-state index is -1.03. The lowest BCUT2D eigenvalue weighted by molar-refractivity contribution is 0.0691. The normalized spacial score (nSPS) is 11.9. The number of anilines is 1. The van der Waals surface area contributed by atoms with E-state index in [0.29, 0.717) is 17.2 Å². The molecule has 0 amide bonds. The number of nitrogens with zero attached hydrogens (tertiary/aromatic N) is 2. The molecule has 1 aromatic carbocycles. The lowest BCUT2D eigenvalue weighted by atomic mass is 10.1. The van der Waals surface area contributed by atoms with Crippen molar-refractivity contribution in [2.24, 2.45) is 0 Å². The van der Waals surface area contributed by atoms with Crippen molar-refractivity contribution in [2.75, 3.05) is 11.9 Å². The Labute approximate surface area is 144 Å². The summed E-state index contributed by atoms with van der Waals surface area (Å²) < 4.78 is 0. The highest BCUT2D eigenvalue weighted by Crippen LogP contribution is 2.24. The number of rotatable bonds is 6. The van der Waals surface area contributed by atoms with Gasteiger partial charge in [-0.3, -0.25) is 0 Å². The zero-order valence-electron chi connectivity index (χ0n) is 13.6. The van der Waals surface area contributed by atoms with Crippen molar-refractivity contribution >= 4 is 11.9 Å². The van der Waals surface area contributed by atoms with E-state index in [1.807, 2.05) is 37.3 Å². The molecule has 0 aliphatic carbocycles. The maximum Gasteiger partial charge on any atom is 0.352 e. The molecular formula is C18H18N4O3. The molecule has 25 heavy (non-hydrogen) atoms. The average molecular weight is 338 g/mol. The molecule has 128 valence electrons. The van der Waals surface area contributed by atoms with Crippen molar-refractivity contribution in [3.05, 3.63) is 65.6 Å². The lowest BCUT2D eigenvalue weighted by Gasteiger charge is -2.17. The molecule has 0 radical (unpaired) electrons. The first-order valence-corrected chi connectivity index (χ1v) is 7.76. The number of benzene rings is 1. The summed E-state index contributed by atoms with van der Waals surface area (Å²) in [5, 5.41) is 21.8. The van der Waals surface area contributed by atoms with Crippen molar-refractivity contribution in [3.63, 3.8) is 0 Å². The highest BCUT2D eigenvalue weighted by Gasteiger charge is 2.15. The number of aryl methyl sites for hydroxylation is 1. The maximum absolute atomic E-state index is 11.0. The van der Waals surface area contributed by atoms with Gasteiger partial charge in [-0.2, -0.15) is 0 Å². The van der Waals surface area contributed by atoms with Gasteiger partial charge in [0.15, 0.2) is 0 Å². The van der Waals surface area contributed by atoms with Gasteiger partial charge in [0.1, 0.15) is 5.69 Å². The van der Waals surface area contributed by atoms with Crippen molar-refractivity contribution in [3.8, 4) is 11.3 Å². The molecule has 0 bridgehead atoms. The van der Waals surface area contributed by atoms with Gasteiger partial charge in [0.05, 0.1) is 18.3 Å². The molecule has 2 aromatic heterocycles. The number of hydrogen-bond acceptors (Lipinski definition) is 5.